The topological polar surface area (TPSA) is 37.8 Å². The van der Waals surface area contributed by atoms with Gasteiger partial charge >= 0.3 is 0 Å². The SMILES string of the molecule is Bc1ccc2nc(NCc3cccc(Cl)c3)cnc2c1. The molecule has 0 unspecified atom stereocenters. The Labute approximate surface area is 123 Å². The Balaban J connectivity index is 1.79. The van der Waals surface area contributed by atoms with Gasteiger partial charge in [0, 0.05) is 11.6 Å². The molecule has 0 atom stereocenters. The van der Waals surface area contributed by atoms with Gasteiger partial charge in [-0.2, -0.15) is 0 Å². The van der Waals surface area contributed by atoms with Crippen LogP contribution >= 0.6 is 11.6 Å². The second kappa shape index (κ2) is 5.51. The third kappa shape index (κ3) is 2.91. The molecule has 2 aromatic carbocycles. The predicted molar refractivity (Wildman–Crippen MR) is 86.5 cm³/mol. The molecular formula is C15H13BClN3. The summed E-state index contributed by atoms with van der Waals surface area (Å²) in [6.07, 6.45) is 1.76. The lowest BCUT2D eigenvalue weighted by molar-refractivity contribution is 1.11. The molecule has 1 aromatic heterocycles. The molecule has 1 heterocycles. The zero-order valence-electron chi connectivity index (χ0n) is 11.1. The van der Waals surface area contributed by atoms with Crippen LogP contribution in [0.1, 0.15) is 5.56 Å². The van der Waals surface area contributed by atoms with Crippen molar-refractivity contribution in [3.63, 3.8) is 0 Å². The van der Waals surface area contributed by atoms with Crippen molar-refractivity contribution in [2.75, 3.05) is 5.32 Å². The first-order valence-corrected chi connectivity index (χ1v) is 6.80. The molecule has 20 heavy (non-hydrogen) atoms. The van der Waals surface area contributed by atoms with Crippen molar-refractivity contribution in [1.82, 2.24) is 9.97 Å². The summed E-state index contributed by atoms with van der Waals surface area (Å²) in [7, 11) is 2.05. The summed E-state index contributed by atoms with van der Waals surface area (Å²) in [5.74, 6) is 0.765. The number of hydrogen-bond donors (Lipinski definition) is 1. The van der Waals surface area contributed by atoms with Gasteiger partial charge in [0.25, 0.3) is 0 Å². The maximum absolute atomic E-state index is 5.96. The van der Waals surface area contributed by atoms with Crippen LogP contribution in [-0.4, -0.2) is 17.8 Å². The standard InChI is InChI=1S/C15H13BClN3/c16-11-4-5-13-14(7-11)18-9-15(20-13)19-8-10-2-1-3-12(17)6-10/h1-7,9H,8,16H2,(H,19,20). The molecule has 0 saturated carbocycles. The lowest BCUT2D eigenvalue weighted by Gasteiger charge is -2.07. The van der Waals surface area contributed by atoms with E-state index < -0.39 is 0 Å². The van der Waals surface area contributed by atoms with E-state index in [-0.39, 0.29) is 0 Å². The number of benzene rings is 2. The first-order valence-electron chi connectivity index (χ1n) is 6.42. The molecule has 3 aromatic rings. The van der Waals surface area contributed by atoms with Crippen LogP contribution in [0.4, 0.5) is 5.82 Å². The number of fused-ring (bicyclic) bond motifs is 1. The largest absolute Gasteiger partial charge is 0.365 e. The molecule has 0 aliphatic carbocycles. The summed E-state index contributed by atoms with van der Waals surface area (Å²) >= 11 is 5.96. The van der Waals surface area contributed by atoms with Crippen LogP contribution in [0.2, 0.25) is 5.02 Å². The molecule has 0 saturated heterocycles. The van der Waals surface area contributed by atoms with Gasteiger partial charge in [0.2, 0.25) is 0 Å². The summed E-state index contributed by atoms with van der Waals surface area (Å²) in [6, 6.07) is 13.8. The summed E-state index contributed by atoms with van der Waals surface area (Å²) in [5.41, 5.74) is 4.11. The number of rotatable bonds is 3. The van der Waals surface area contributed by atoms with E-state index in [2.05, 4.69) is 15.3 Å². The summed E-state index contributed by atoms with van der Waals surface area (Å²) in [4.78, 5) is 8.97. The fraction of sp³-hybridized carbons (Fsp3) is 0.0667. The fourth-order valence-corrected chi connectivity index (χ4v) is 2.26. The summed E-state index contributed by atoms with van der Waals surface area (Å²) in [5, 5.41) is 4.00. The first kappa shape index (κ1) is 12.9. The minimum absolute atomic E-state index is 0.673. The Morgan fingerprint density at radius 2 is 2.00 bits per heavy atom. The van der Waals surface area contributed by atoms with Gasteiger partial charge in [-0.25, -0.2) is 4.98 Å². The highest BCUT2D eigenvalue weighted by Gasteiger charge is 2.00. The van der Waals surface area contributed by atoms with Crippen LogP contribution < -0.4 is 10.8 Å². The summed E-state index contributed by atoms with van der Waals surface area (Å²) in [6.45, 7) is 0.673. The normalized spacial score (nSPS) is 10.7. The monoisotopic (exact) mass is 281 g/mol. The van der Waals surface area contributed by atoms with E-state index in [0.717, 1.165) is 27.4 Å². The van der Waals surface area contributed by atoms with Crippen LogP contribution in [0.25, 0.3) is 11.0 Å². The van der Waals surface area contributed by atoms with E-state index >= 15 is 0 Å². The molecule has 0 fully saturated rings. The molecule has 0 radical (unpaired) electrons. The third-order valence-electron chi connectivity index (χ3n) is 3.06. The molecule has 98 valence electrons. The number of aromatic nitrogens is 2. The second-order valence-electron chi connectivity index (χ2n) is 4.73. The zero-order valence-corrected chi connectivity index (χ0v) is 11.9. The van der Waals surface area contributed by atoms with Crippen molar-refractivity contribution >= 4 is 41.8 Å². The third-order valence-corrected chi connectivity index (χ3v) is 3.30. The van der Waals surface area contributed by atoms with E-state index in [1.54, 1.807) is 6.20 Å². The highest BCUT2D eigenvalue weighted by atomic mass is 35.5. The van der Waals surface area contributed by atoms with E-state index in [9.17, 15) is 0 Å². The zero-order chi connectivity index (χ0) is 13.9. The smallest absolute Gasteiger partial charge is 0.145 e. The van der Waals surface area contributed by atoms with Gasteiger partial charge in [-0.3, -0.25) is 4.98 Å². The Kier molecular flexibility index (Phi) is 3.57. The molecule has 0 bridgehead atoms. The van der Waals surface area contributed by atoms with E-state index in [1.807, 2.05) is 50.3 Å². The minimum Gasteiger partial charge on any atom is -0.365 e. The molecular weight excluding hydrogens is 268 g/mol. The van der Waals surface area contributed by atoms with Gasteiger partial charge in [0.15, 0.2) is 0 Å². The van der Waals surface area contributed by atoms with Crippen LogP contribution in [0.3, 0.4) is 0 Å². The molecule has 1 N–H and O–H groups in total. The lowest BCUT2D eigenvalue weighted by Crippen LogP contribution is -2.04. The Morgan fingerprint density at radius 3 is 2.85 bits per heavy atom. The quantitative estimate of drug-likeness (QED) is 0.748. The molecule has 0 aliphatic rings. The Hall–Kier alpha value is -2.07. The molecule has 0 spiro atoms. The molecule has 0 amide bonds. The molecule has 3 rings (SSSR count). The van der Waals surface area contributed by atoms with E-state index in [0.29, 0.717) is 6.54 Å². The number of nitrogens with zero attached hydrogens (tertiary/aromatic N) is 2. The van der Waals surface area contributed by atoms with Crippen molar-refractivity contribution < 1.29 is 0 Å². The van der Waals surface area contributed by atoms with Gasteiger partial charge in [-0.1, -0.05) is 35.3 Å². The van der Waals surface area contributed by atoms with Gasteiger partial charge < -0.3 is 5.32 Å². The van der Waals surface area contributed by atoms with Crippen LogP contribution in [-0.2, 0) is 6.54 Å². The highest BCUT2D eigenvalue weighted by molar-refractivity contribution is 6.33. The van der Waals surface area contributed by atoms with E-state index in [4.69, 9.17) is 11.6 Å². The van der Waals surface area contributed by atoms with Crippen LogP contribution in [0.15, 0.2) is 48.7 Å². The maximum atomic E-state index is 5.96. The average molecular weight is 282 g/mol. The van der Waals surface area contributed by atoms with Crippen LogP contribution in [0.5, 0.6) is 0 Å². The van der Waals surface area contributed by atoms with Gasteiger partial charge in [0.05, 0.1) is 17.2 Å². The van der Waals surface area contributed by atoms with E-state index in [1.165, 1.54) is 5.46 Å². The lowest BCUT2D eigenvalue weighted by atomic mass is 9.96. The Morgan fingerprint density at radius 1 is 1.10 bits per heavy atom. The number of halogens is 1. The van der Waals surface area contributed by atoms with Crippen molar-refractivity contribution in [1.29, 1.82) is 0 Å². The minimum atomic E-state index is 0.673. The van der Waals surface area contributed by atoms with Crippen molar-refractivity contribution in [2.45, 2.75) is 6.54 Å². The Bertz CT molecular complexity index is 761. The maximum Gasteiger partial charge on any atom is 0.145 e. The average Bonchev–Trinajstić information content (AvgIpc) is 2.45. The van der Waals surface area contributed by atoms with Gasteiger partial charge in [-0.15, -0.1) is 0 Å². The van der Waals surface area contributed by atoms with Crippen molar-refractivity contribution in [3.05, 3.63) is 59.2 Å². The fourth-order valence-electron chi connectivity index (χ4n) is 2.05. The first-order chi connectivity index (χ1) is 9.70. The van der Waals surface area contributed by atoms with Gasteiger partial charge in [-0.05, 0) is 29.8 Å². The second-order valence-corrected chi connectivity index (χ2v) is 5.17. The molecule has 0 aliphatic heterocycles. The molecule has 3 nitrogen and oxygen atoms in total. The van der Waals surface area contributed by atoms with Crippen LogP contribution in [0, 0.1) is 0 Å². The molecule has 5 heteroatoms. The van der Waals surface area contributed by atoms with Crippen molar-refractivity contribution in [2.24, 2.45) is 0 Å². The highest BCUT2D eigenvalue weighted by Crippen LogP contribution is 2.14. The number of anilines is 1. The predicted octanol–water partition coefficient (Wildman–Crippen LogP) is 2.15. The number of hydrogen-bond acceptors (Lipinski definition) is 3. The summed E-state index contributed by atoms with van der Waals surface area (Å²) < 4.78 is 0. The number of nitrogens with one attached hydrogen (secondary N) is 1. The van der Waals surface area contributed by atoms with Crippen molar-refractivity contribution in [3.8, 4) is 0 Å². The van der Waals surface area contributed by atoms with Gasteiger partial charge in [0.1, 0.15) is 13.7 Å².